The maximum atomic E-state index is 10.1. The molecule has 1 rings (SSSR count). The van der Waals surface area contributed by atoms with Crippen molar-refractivity contribution in [3.05, 3.63) is 0 Å². The molecule has 0 aromatic carbocycles. The lowest BCUT2D eigenvalue weighted by atomic mass is 10.1. The summed E-state index contributed by atoms with van der Waals surface area (Å²) >= 11 is 0. The first-order chi connectivity index (χ1) is 3.80. The van der Waals surface area contributed by atoms with Crippen LogP contribution in [0.2, 0.25) is 0 Å². The first-order valence-electron chi connectivity index (χ1n) is 2.52. The summed E-state index contributed by atoms with van der Waals surface area (Å²) in [6.45, 7) is 0. The van der Waals surface area contributed by atoms with Crippen molar-refractivity contribution in [2.45, 2.75) is 12.8 Å². The summed E-state index contributed by atoms with van der Waals surface area (Å²) < 4.78 is 0. The van der Waals surface area contributed by atoms with Crippen molar-refractivity contribution in [3.8, 4) is 11.8 Å². The van der Waals surface area contributed by atoms with Gasteiger partial charge in [0.25, 0.3) is 0 Å². The first-order valence-corrected chi connectivity index (χ1v) is 2.52. The summed E-state index contributed by atoms with van der Waals surface area (Å²) in [5, 5.41) is 8.31. The number of carboxylic acids is 1. The fourth-order valence-corrected chi connectivity index (χ4v) is 0.669. The van der Waals surface area contributed by atoms with Crippen LogP contribution in [0.25, 0.3) is 0 Å². The van der Waals surface area contributed by atoms with Crippen molar-refractivity contribution in [2.75, 3.05) is 0 Å². The van der Waals surface area contributed by atoms with E-state index in [9.17, 15) is 4.79 Å². The Balaban J connectivity index is 2.53. The molecule has 0 radical (unpaired) electrons. The maximum Gasteiger partial charge on any atom is 0.318 e. The first kappa shape index (κ1) is 5.17. The zero-order chi connectivity index (χ0) is 5.98. The number of carbonyl (C=O) groups is 1. The van der Waals surface area contributed by atoms with Crippen LogP contribution >= 0.6 is 0 Å². The Hall–Kier alpha value is -0.970. The van der Waals surface area contributed by atoms with E-state index in [0.717, 1.165) is 6.42 Å². The van der Waals surface area contributed by atoms with Crippen LogP contribution in [0.3, 0.4) is 0 Å². The van der Waals surface area contributed by atoms with Gasteiger partial charge < -0.3 is 5.11 Å². The molecule has 0 amide bonds. The molecule has 0 aromatic heterocycles. The molecule has 1 N–H and O–H groups in total. The molecule has 1 aliphatic rings. The van der Waals surface area contributed by atoms with E-state index in [1.165, 1.54) is 0 Å². The molecule has 0 heterocycles. The predicted octanol–water partition coefficient (Wildman–Crippen LogP) is 0.484. The van der Waals surface area contributed by atoms with Crippen LogP contribution < -0.4 is 0 Å². The Labute approximate surface area is 47.5 Å². The lowest BCUT2D eigenvalue weighted by Gasteiger charge is -1.93. The molecule has 1 unspecified atom stereocenters. The van der Waals surface area contributed by atoms with Crippen LogP contribution in [-0.2, 0) is 4.79 Å². The molecule has 2 heteroatoms. The van der Waals surface area contributed by atoms with E-state index in [1.807, 2.05) is 0 Å². The zero-order valence-corrected chi connectivity index (χ0v) is 4.35. The van der Waals surface area contributed by atoms with Crippen molar-refractivity contribution in [1.29, 1.82) is 0 Å². The highest BCUT2D eigenvalue weighted by Gasteiger charge is 2.15. The third kappa shape index (κ3) is 0.812. The third-order valence-corrected chi connectivity index (χ3v) is 1.13. The van der Waals surface area contributed by atoms with Crippen molar-refractivity contribution in [3.63, 3.8) is 0 Å². The Kier molecular flexibility index (Phi) is 1.21. The Morgan fingerprint density at radius 1 is 1.75 bits per heavy atom. The van der Waals surface area contributed by atoms with Gasteiger partial charge in [0.2, 0.25) is 0 Å². The smallest absolute Gasteiger partial charge is 0.318 e. The zero-order valence-electron chi connectivity index (χ0n) is 4.35. The second-order valence-electron chi connectivity index (χ2n) is 1.75. The van der Waals surface area contributed by atoms with Crippen LogP contribution in [0, 0.1) is 17.8 Å². The van der Waals surface area contributed by atoms with Gasteiger partial charge in [-0.05, 0) is 6.42 Å². The highest BCUT2D eigenvalue weighted by atomic mass is 16.4. The summed E-state index contributed by atoms with van der Waals surface area (Å²) in [6, 6.07) is 0. The highest BCUT2D eigenvalue weighted by molar-refractivity contribution is 5.74. The Morgan fingerprint density at radius 3 is 2.75 bits per heavy atom. The van der Waals surface area contributed by atoms with Crippen molar-refractivity contribution in [1.82, 2.24) is 0 Å². The summed E-state index contributed by atoms with van der Waals surface area (Å²) in [5.74, 6) is 4.17. The molecule has 8 heavy (non-hydrogen) atoms. The molecular formula is C6H6O2. The van der Waals surface area contributed by atoms with E-state index >= 15 is 0 Å². The highest BCUT2D eigenvalue weighted by Crippen LogP contribution is 2.09. The second kappa shape index (κ2) is 1.87. The third-order valence-electron chi connectivity index (χ3n) is 1.13. The molecule has 0 spiro atoms. The van der Waals surface area contributed by atoms with Gasteiger partial charge in [-0.2, -0.15) is 0 Å². The summed E-state index contributed by atoms with van der Waals surface area (Å²) in [5.41, 5.74) is 0. The van der Waals surface area contributed by atoms with Gasteiger partial charge in [-0.15, -0.1) is 5.92 Å². The van der Waals surface area contributed by atoms with E-state index in [-0.39, 0.29) is 5.92 Å². The number of hydrogen-bond donors (Lipinski definition) is 1. The molecule has 1 aliphatic carbocycles. The Morgan fingerprint density at radius 2 is 2.50 bits per heavy atom. The summed E-state index contributed by atoms with van der Waals surface area (Å²) in [6.07, 6.45) is 1.42. The van der Waals surface area contributed by atoms with Crippen LogP contribution in [0.1, 0.15) is 12.8 Å². The number of aliphatic carboxylic acids is 1. The van der Waals surface area contributed by atoms with Crippen LogP contribution in [0.4, 0.5) is 0 Å². The van der Waals surface area contributed by atoms with Crippen LogP contribution in [0.5, 0.6) is 0 Å². The van der Waals surface area contributed by atoms with E-state index in [1.54, 1.807) is 0 Å². The van der Waals surface area contributed by atoms with Crippen molar-refractivity contribution >= 4 is 5.97 Å². The van der Waals surface area contributed by atoms with Gasteiger partial charge in [0.1, 0.15) is 5.92 Å². The molecule has 0 saturated heterocycles. The van der Waals surface area contributed by atoms with Gasteiger partial charge in [0.05, 0.1) is 0 Å². The standard InChI is InChI=1S/C6H6O2/c7-6(8)5-3-1-2-4-5/h5H,1,3H2,(H,7,8). The lowest BCUT2D eigenvalue weighted by molar-refractivity contribution is -0.139. The number of rotatable bonds is 1. The number of carboxylic acid groups (broad SMARTS) is 1. The molecule has 0 aliphatic heterocycles. The fourth-order valence-electron chi connectivity index (χ4n) is 0.669. The molecule has 1 atom stereocenters. The monoisotopic (exact) mass is 110 g/mol. The van der Waals surface area contributed by atoms with Crippen molar-refractivity contribution in [2.24, 2.45) is 5.92 Å². The average Bonchev–Trinajstić information content (AvgIpc) is 2.12. The molecule has 0 aromatic rings. The van der Waals surface area contributed by atoms with Crippen LogP contribution in [0.15, 0.2) is 0 Å². The molecular weight excluding hydrogens is 104 g/mol. The fraction of sp³-hybridized carbons (Fsp3) is 0.500. The molecule has 42 valence electrons. The largest absolute Gasteiger partial charge is 0.480 e. The van der Waals surface area contributed by atoms with Gasteiger partial charge in [-0.1, -0.05) is 5.92 Å². The molecule has 0 saturated carbocycles. The van der Waals surface area contributed by atoms with E-state index in [4.69, 9.17) is 5.11 Å². The Bertz CT molecular complexity index is 161. The minimum absolute atomic E-state index is 0.380. The molecule has 0 bridgehead atoms. The normalized spacial score (nSPS) is 24.2. The average molecular weight is 110 g/mol. The summed E-state index contributed by atoms with van der Waals surface area (Å²) in [7, 11) is 0. The predicted molar refractivity (Wildman–Crippen MR) is 28.1 cm³/mol. The van der Waals surface area contributed by atoms with Gasteiger partial charge in [-0.3, -0.25) is 4.79 Å². The molecule has 2 nitrogen and oxygen atoms in total. The van der Waals surface area contributed by atoms with Gasteiger partial charge in [0, 0.05) is 6.42 Å². The lowest BCUT2D eigenvalue weighted by Crippen LogP contribution is -2.07. The summed E-state index contributed by atoms with van der Waals surface area (Å²) in [4.78, 5) is 10.1. The minimum atomic E-state index is -0.782. The van der Waals surface area contributed by atoms with Gasteiger partial charge in [-0.25, -0.2) is 0 Å². The minimum Gasteiger partial charge on any atom is -0.480 e. The quantitative estimate of drug-likeness (QED) is 0.498. The molecule has 0 fully saturated rings. The van der Waals surface area contributed by atoms with E-state index in [2.05, 4.69) is 11.8 Å². The van der Waals surface area contributed by atoms with E-state index in [0.29, 0.717) is 6.42 Å². The number of hydrogen-bond acceptors (Lipinski definition) is 1. The SMILES string of the molecule is O=C(O)C1C#CCC1. The van der Waals surface area contributed by atoms with E-state index < -0.39 is 5.97 Å². The maximum absolute atomic E-state index is 10.1. The van der Waals surface area contributed by atoms with Gasteiger partial charge in [0.15, 0.2) is 0 Å². The van der Waals surface area contributed by atoms with Crippen molar-refractivity contribution < 1.29 is 9.90 Å². The van der Waals surface area contributed by atoms with Gasteiger partial charge >= 0.3 is 5.97 Å². The van der Waals surface area contributed by atoms with Crippen LogP contribution in [-0.4, -0.2) is 11.1 Å². The topological polar surface area (TPSA) is 37.3 Å². The second-order valence-corrected chi connectivity index (χ2v) is 1.75.